The van der Waals surface area contributed by atoms with Crippen molar-refractivity contribution in [3.63, 3.8) is 0 Å². The highest BCUT2D eigenvalue weighted by atomic mass is 19.1. The van der Waals surface area contributed by atoms with Crippen LogP contribution < -0.4 is 10.1 Å². The maximum atomic E-state index is 13.2. The minimum atomic E-state index is -0.242. The highest BCUT2D eigenvalue weighted by Crippen LogP contribution is 2.18. The van der Waals surface area contributed by atoms with E-state index in [4.69, 9.17) is 4.74 Å². The van der Waals surface area contributed by atoms with Crippen molar-refractivity contribution in [2.75, 3.05) is 6.61 Å². The summed E-state index contributed by atoms with van der Waals surface area (Å²) < 4.78 is 18.7. The second kappa shape index (κ2) is 7.07. The van der Waals surface area contributed by atoms with Crippen LogP contribution in [0, 0.1) is 26.6 Å². The average Bonchev–Trinajstić information content (AvgIpc) is 2.47. The lowest BCUT2D eigenvalue weighted by molar-refractivity contribution is -0.123. The van der Waals surface area contributed by atoms with Crippen molar-refractivity contribution in [2.45, 2.75) is 27.3 Å². The van der Waals surface area contributed by atoms with E-state index in [1.165, 1.54) is 6.07 Å². The third-order valence-electron chi connectivity index (χ3n) is 3.40. The molecule has 0 aliphatic heterocycles. The van der Waals surface area contributed by atoms with E-state index in [0.29, 0.717) is 17.9 Å². The first-order chi connectivity index (χ1) is 10.5. The zero-order chi connectivity index (χ0) is 16.1. The van der Waals surface area contributed by atoms with Gasteiger partial charge in [0, 0.05) is 6.54 Å². The molecule has 116 valence electrons. The van der Waals surface area contributed by atoms with Gasteiger partial charge in [-0.05, 0) is 49.6 Å². The highest BCUT2D eigenvalue weighted by Gasteiger charge is 2.06. The van der Waals surface area contributed by atoms with Crippen molar-refractivity contribution in [2.24, 2.45) is 0 Å². The molecule has 0 bridgehead atoms. The van der Waals surface area contributed by atoms with Gasteiger partial charge in [0.2, 0.25) is 0 Å². The Labute approximate surface area is 130 Å². The van der Waals surface area contributed by atoms with E-state index in [2.05, 4.69) is 5.32 Å². The summed E-state index contributed by atoms with van der Waals surface area (Å²) in [6.45, 7) is 5.97. The first kappa shape index (κ1) is 16.0. The number of benzene rings is 2. The molecule has 0 saturated heterocycles. The summed E-state index contributed by atoms with van der Waals surface area (Å²) >= 11 is 0. The fourth-order valence-electron chi connectivity index (χ4n) is 2.17. The van der Waals surface area contributed by atoms with Crippen LogP contribution in [0.1, 0.15) is 22.3 Å². The normalized spacial score (nSPS) is 10.4. The third kappa shape index (κ3) is 4.32. The Bertz CT molecular complexity index is 683. The van der Waals surface area contributed by atoms with Gasteiger partial charge >= 0.3 is 0 Å². The quantitative estimate of drug-likeness (QED) is 0.918. The molecular weight excluding hydrogens is 281 g/mol. The summed E-state index contributed by atoms with van der Waals surface area (Å²) in [5, 5.41) is 2.76. The van der Waals surface area contributed by atoms with Gasteiger partial charge in [-0.15, -0.1) is 0 Å². The molecule has 0 radical (unpaired) electrons. The molecule has 22 heavy (non-hydrogen) atoms. The fraction of sp³-hybridized carbons (Fsp3) is 0.278. The van der Waals surface area contributed by atoms with E-state index in [0.717, 1.165) is 16.7 Å². The number of hydrogen-bond acceptors (Lipinski definition) is 2. The van der Waals surface area contributed by atoms with E-state index in [-0.39, 0.29) is 18.3 Å². The lowest BCUT2D eigenvalue weighted by atomic mass is 10.1. The smallest absolute Gasteiger partial charge is 0.258 e. The number of halogens is 1. The number of hydrogen-bond donors (Lipinski definition) is 1. The number of amides is 1. The van der Waals surface area contributed by atoms with Crippen molar-refractivity contribution in [1.29, 1.82) is 0 Å². The summed E-state index contributed by atoms with van der Waals surface area (Å²) in [6.07, 6.45) is 0. The molecule has 2 aromatic rings. The van der Waals surface area contributed by atoms with Gasteiger partial charge in [-0.3, -0.25) is 4.79 Å². The predicted octanol–water partition coefficient (Wildman–Crippen LogP) is 3.45. The van der Waals surface area contributed by atoms with Gasteiger partial charge in [0.05, 0.1) is 0 Å². The van der Waals surface area contributed by atoms with Gasteiger partial charge in [-0.25, -0.2) is 4.39 Å². The lowest BCUT2D eigenvalue weighted by Crippen LogP contribution is -2.28. The zero-order valence-electron chi connectivity index (χ0n) is 13.1. The number of carbonyl (C=O) groups is 1. The molecular formula is C18H20FNO2. The Morgan fingerprint density at radius 1 is 1.09 bits per heavy atom. The van der Waals surface area contributed by atoms with Crippen molar-refractivity contribution in [1.82, 2.24) is 5.32 Å². The van der Waals surface area contributed by atoms with E-state index in [9.17, 15) is 9.18 Å². The molecule has 1 amide bonds. The van der Waals surface area contributed by atoms with Crippen LogP contribution in [-0.4, -0.2) is 12.5 Å². The van der Waals surface area contributed by atoms with Gasteiger partial charge in [0.25, 0.3) is 5.91 Å². The number of nitrogens with one attached hydrogen (secondary N) is 1. The minimum Gasteiger partial charge on any atom is -0.484 e. The van der Waals surface area contributed by atoms with Crippen LogP contribution in [0.3, 0.4) is 0 Å². The van der Waals surface area contributed by atoms with Crippen LogP contribution in [0.2, 0.25) is 0 Å². The number of rotatable bonds is 5. The Balaban J connectivity index is 1.84. The summed E-state index contributed by atoms with van der Waals surface area (Å²) in [4.78, 5) is 11.8. The summed E-state index contributed by atoms with van der Waals surface area (Å²) in [5.74, 6) is 0.258. The van der Waals surface area contributed by atoms with Gasteiger partial charge in [-0.1, -0.05) is 29.8 Å². The maximum Gasteiger partial charge on any atom is 0.258 e. The largest absolute Gasteiger partial charge is 0.484 e. The monoisotopic (exact) mass is 301 g/mol. The topological polar surface area (TPSA) is 38.3 Å². The first-order valence-electron chi connectivity index (χ1n) is 7.17. The van der Waals surface area contributed by atoms with Crippen LogP contribution in [0.5, 0.6) is 5.75 Å². The second-order valence-corrected chi connectivity index (χ2v) is 5.42. The van der Waals surface area contributed by atoms with Crippen LogP contribution in [0.15, 0.2) is 36.4 Å². The molecule has 2 rings (SSSR count). The molecule has 0 fully saturated rings. The molecule has 1 N–H and O–H groups in total. The summed E-state index contributed by atoms with van der Waals surface area (Å²) in [6, 6.07) is 10.6. The first-order valence-corrected chi connectivity index (χ1v) is 7.17. The Morgan fingerprint density at radius 2 is 1.86 bits per heavy atom. The van der Waals surface area contributed by atoms with E-state index in [1.54, 1.807) is 19.1 Å². The van der Waals surface area contributed by atoms with Gasteiger partial charge in [0.1, 0.15) is 11.6 Å². The zero-order valence-corrected chi connectivity index (χ0v) is 13.1. The summed E-state index contributed by atoms with van der Waals surface area (Å²) in [7, 11) is 0. The number of ether oxygens (including phenoxy) is 1. The number of aryl methyl sites for hydroxylation is 3. The Kier molecular flexibility index (Phi) is 5.15. The molecule has 0 spiro atoms. The molecule has 0 heterocycles. The van der Waals surface area contributed by atoms with Crippen molar-refractivity contribution < 1.29 is 13.9 Å². The van der Waals surface area contributed by atoms with Gasteiger partial charge < -0.3 is 10.1 Å². The van der Waals surface area contributed by atoms with E-state index < -0.39 is 0 Å². The van der Waals surface area contributed by atoms with Crippen LogP contribution in [0.4, 0.5) is 4.39 Å². The average molecular weight is 301 g/mol. The highest BCUT2D eigenvalue weighted by molar-refractivity contribution is 5.77. The van der Waals surface area contributed by atoms with Gasteiger partial charge in [0.15, 0.2) is 6.61 Å². The van der Waals surface area contributed by atoms with Gasteiger partial charge in [-0.2, -0.15) is 0 Å². The van der Waals surface area contributed by atoms with E-state index in [1.807, 2.05) is 32.0 Å². The molecule has 0 aliphatic carbocycles. The van der Waals surface area contributed by atoms with Crippen LogP contribution in [-0.2, 0) is 11.3 Å². The Hall–Kier alpha value is -2.36. The van der Waals surface area contributed by atoms with Crippen LogP contribution >= 0.6 is 0 Å². The summed E-state index contributed by atoms with van der Waals surface area (Å²) in [5.41, 5.74) is 3.58. The second-order valence-electron chi connectivity index (χ2n) is 5.42. The third-order valence-corrected chi connectivity index (χ3v) is 3.40. The maximum absolute atomic E-state index is 13.2. The molecule has 0 aliphatic rings. The molecule has 0 atom stereocenters. The van der Waals surface area contributed by atoms with Crippen LogP contribution in [0.25, 0.3) is 0 Å². The SMILES string of the molecule is Cc1ccc(OCC(=O)NCc2ccc(F)c(C)c2)c(C)c1. The van der Waals surface area contributed by atoms with Crippen molar-refractivity contribution in [3.8, 4) is 5.75 Å². The van der Waals surface area contributed by atoms with E-state index >= 15 is 0 Å². The lowest BCUT2D eigenvalue weighted by Gasteiger charge is -2.10. The minimum absolute atomic E-state index is 0.0376. The molecule has 4 heteroatoms. The standard InChI is InChI=1S/C18H20FNO2/c1-12-4-7-17(14(3)8-12)22-11-18(21)20-10-15-5-6-16(19)13(2)9-15/h4-9H,10-11H2,1-3H3,(H,20,21). The number of carbonyl (C=O) groups excluding carboxylic acids is 1. The molecule has 2 aromatic carbocycles. The molecule has 0 unspecified atom stereocenters. The fourth-order valence-corrected chi connectivity index (χ4v) is 2.17. The Morgan fingerprint density at radius 3 is 2.55 bits per heavy atom. The van der Waals surface area contributed by atoms with Crippen molar-refractivity contribution >= 4 is 5.91 Å². The molecule has 0 saturated carbocycles. The predicted molar refractivity (Wildman–Crippen MR) is 84.4 cm³/mol. The molecule has 3 nitrogen and oxygen atoms in total. The molecule has 0 aromatic heterocycles. The van der Waals surface area contributed by atoms with Crippen molar-refractivity contribution in [3.05, 3.63) is 64.5 Å².